The second-order valence-corrected chi connectivity index (χ2v) is 2.53. The van der Waals surface area contributed by atoms with Crippen molar-refractivity contribution in [2.75, 3.05) is 12.4 Å². The van der Waals surface area contributed by atoms with Crippen molar-refractivity contribution >= 4 is 11.5 Å². The molecule has 0 aliphatic rings. The molecule has 2 rings (SSSR count). The van der Waals surface area contributed by atoms with Gasteiger partial charge in [0.1, 0.15) is 6.33 Å². The molecule has 0 unspecified atom stereocenters. The van der Waals surface area contributed by atoms with Crippen LogP contribution in [0.1, 0.15) is 0 Å². The van der Waals surface area contributed by atoms with E-state index in [9.17, 15) is 4.79 Å². The van der Waals surface area contributed by atoms with Gasteiger partial charge in [-0.05, 0) is 0 Å². The molecule has 0 aliphatic carbocycles. The Bertz CT molecular complexity index is 497. The summed E-state index contributed by atoms with van der Waals surface area (Å²) >= 11 is 0. The monoisotopic (exact) mass is 180 g/mol. The van der Waals surface area contributed by atoms with E-state index in [-0.39, 0.29) is 5.69 Å². The number of aryl methyl sites for hydroxylation is 1. The Kier molecular flexibility index (Phi) is 1.51. The summed E-state index contributed by atoms with van der Waals surface area (Å²) in [7, 11) is 3.25. The zero-order chi connectivity index (χ0) is 9.42. The van der Waals surface area contributed by atoms with Crippen molar-refractivity contribution in [1.82, 2.24) is 24.4 Å². The number of rotatable bonds is 1. The first-order valence-corrected chi connectivity index (χ1v) is 3.69. The lowest BCUT2D eigenvalue weighted by molar-refractivity contribution is 0.607. The Balaban J connectivity index is 2.89. The van der Waals surface area contributed by atoms with Crippen LogP contribution in [0.25, 0.3) is 5.65 Å². The van der Waals surface area contributed by atoms with Gasteiger partial charge in [-0.15, -0.1) is 5.10 Å². The molecule has 2 heterocycles. The molecule has 0 atom stereocenters. The lowest BCUT2D eigenvalue weighted by Crippen LogP contribution is -2.27. The molecule has 0 fully saturated rings. The van der Waals surface area contributed by atoms with Crippen LogP contribution in [0.3, 0.4) is 0 Å². The highest BCUT2D eigenvalue weighted by atomic mass is 16.2. The maximum absolute atomic E-state index is 11.4. The normalized spacial score (nSPS) is 10.6. The molecule has 13 heavy (non-hydrogen) atoms. The summed E-state index contributed by atoms with van der Waals surface area (Å²) in [4.78, 5) is 15.4. The van der Waals surface area contributed by atoms with E-state index < -0.39 is 0 Å². The summed E-state index contributed by atoms with van der Waals surface area (Å²) in [6, 6.07) is 0. The van der Waals surface area contributed by atoms with Crippen molar-refractivity contribution in [3.63, 3.8) is 0 Å². The van der Waals surface area contributed by atoms with E-state index in [1.807, 2.05) is 0 Å². The van der Waals surface area contributed by atoms with Crippen LogP contribution < -0.4 is 11.0 Å². The summed E-state index contributed by atoms with van der Waals surface area (Å²) in [6.07, 6.45) is 1.41. The third-order valence-corrected chi connectivity index (χ3v) is 1.74. The Hall–Kier alpha value is -1.92. The summed E-state index contributed by atoms with van der Waals surface area (Å²) in [5, 5.41) is 10.3. The topological polar surface area (TPSA) is 77.1 Å². The Labute approximate surface area is 73.0 Å². The number of nitrogens with one attached hydrogen (secondary N) is 1. The van der Waals surface area contributed by atoms with Gasteiger partial charge in [-0.1, -0.05) is 5.21 Å². The van der Waals surface area contributed by atoms with Crippen LogP contribution in [0.5, 0.6) is 0 Å². The van der Waals surface area contributed by atoms with Gasteiger partial charge in [-0.2, -0.15) is 4.68 Å². The Morgan fingerprint density at radius 1 is 1.54 bits per heavy atom. The van der Waals surface area contributed by atoms with Gasteiger partial charge in [0.25, 0.3) is 0 Å². The van der Waals surface area contributed by atoms with Crippen molar-refractivity contribution in [3.05, 3.63) is 16.8 Å². The first-order chi connectivity index (χ1) is 6.24. The summed E-state index contributed by atoms with van der Waals surface area (Å²) < 4.78 is 2.48. The molecular formula is C6H8N6O. The van der Waals surface area contributed by atoms with Gasteiger partial charge < -0.3 is 5.32 Å². The summed E-state index contributed by atoms with van der Waals surface area (Å²) in [5.74, 6) is 0.546. The molecule has 1 N–H and O–H groups in total. The minimum atomic E-state index is -0.265. The molecule has 2 aromatic heterocycles. The number of fused-ring (bicyclic) bond motifs is 1. The molecule has 0 radical (unpaired) electrons. The van der Waals surface area contributed by atoms with Crippen LogP contribution >= 0.6 is 0 Å². The van der Waals surface area contributed by atoms with E-state index >= 15 is 0 Å². The number of hydrogen-bond donors (Lipinski definition) is 1. The fourth-order valence-corrected chi connectivity index (χ4v) is 1.06. The molecule has 2 aromatic rings. The third-order valence-electron chi connectivity index (χ3n) is 1.74. The van der Waals surface area contributed by atoms with Crippen LogP contribution in [0.15, 0.2) is 11.1 Å². The standard InChI is InChI=1S/C6H8N6O/c1-7-4-5-9-10-11(2)6(13)12(5)3-8-4/h3,7H,1-2H3. The van der Waals surface area contributed by atoms with Gasteiger partial charge in [-0.3, -0.25) is 0 Å². The molecular weight excluding hydrogens is 172 g/mol. The van der Waals surface area contributed by atoms with Gasteiger partial charge >= 0.3 is 5.69 Å². The number of aromatic nitrogens is 5. The molecule has 0 spiro atoms. The zero-order valence-corrected chi connectivity index (χ0v) is 7.22. The number of anilines is 1. The van der Waals surface area contributed by atoms with Crippen molar-refractivity contribution in [3.8, 4) is 0 Å². The largest absolute Gasteiger partial charge is 0.370 e. The lowest BCUT2D eigenvalue weighted by atomic mass is 10.7. The second-order valence-electron chi connectivity index (χ2n) is 2.53. The van der Waals surface area contributed by atoms with Gasteiger partial charge in [-0.25, -0.2) is 14.2 Å². The predicted octanol–water partition coefficient (Wildman–Crippen LogP) is -1.14. The first kappa shape index (κ1) is 7.71. The van der Waals surface area contributed by atoms with Gasteiger partial charge in [0.05, 0.1) is 0 Å². The molecule has 0 saturated heterocycles. The maximum Gasteiger partial charge on any atom is 0.352 e. The van der Waals surface area contributed by atoms with E-state index in [1.54, 1.807) is 7.05 Å². The molecule has 0 bridgehead atoms. The second kappa shape index (κ2) is 2.54. The molecule has 0 saturated carbocycles. The highest BCUT2D eigenvalue weighted by Crippen LogP contribution is 2.06. The van der Waals surface area contributed by atoms with Crippen LogP contribution in [-0.2, 0) is 7.05 Å². The van der Waals surface area contributed by atoms with E-state index in [0.29, 0.717) is 11.5 Å². The van der Waals surface area contributed by atoms with E-state index in [0.717, 1.165) is 4.68 Å². The van der Waals surface area contributed by atoms with Crippen LogP contribution in [0.2, 0.25) is 0 Å². The van der Waals surface area contributed by atoms with Crippen molar-refractivity contribution in [2.45, 2.75) is 0 Å². The molecule has 0 aromatic carbocycles. The highest BCUT2D eigenvalue weighted by Gasteiger charge is 2.07. The van der Waals surface area contributed by atoms with Crippen molar-refractivity contribution in [2.24, 2.45) is 7.05 Å². The van der Waals surface area contributed by atoms with Gasteiger partial charge in [0.2, 0.25) is 5.65 Å². The molecule has 0 aliphatic heterocycles. The SMILES string of the molecule is CNc1ncn2c(=O)n(C)nnc12. The number of hydrogen-bond acceptors (Lipinski definition) is 5. The van der Waals surface area contributed by atoms with Gasteiger partial charge in [0.15, 0.2) is 5.82 Å². The Morgan fingerprint density at radius 2 is 2.31 bits per heavy atom. The highest BCUT2D eigenvalue weighted by molar-refractivity contribution is 5.61. The number of imidazole rings is 1. The molecule has 7 heteroatoms. The minimum absolute atomic E-state index is 0.265. The van der Waals surface area contributed by atoms with Crippen LogP contribution in [0.4, 0.5) is 5.82 Å². The first-order valence-electron chi connectivity index (χ1n) is 3.69. The Morgan fingerprint density at radius 3 is 3.00 bits per heavy atom. The van der Waals surface area contributed by atoms with E-state index in [2.05, 4.69) is 20.6 Å². The average molecular weight is 180 g/mol. The molecule has 0 amide bonds. The summed E-state index contributed by atoms with van der Waals surface area (Å²) in [5.41, 5.74) is 0.171. The fraction of sp³-hybridized carbons (Fsp3) is 0.333. The van der Waals surface area contributed by atoms with Crippen molar-refractivity contribution in [1.29, 1.82) is 0 Å². The lowest BCUT2D eigenvalue weighted by Gasteiger charge is -1.96. The predicted molar refractivity (Wildman–Crippen MR) is 45.6 cm³/mol. The quantitative estimate of drug-likeness (QED) is 0.600. The van der Waals surface area contributed by atoms with Gasteiger partial charge in [0, 0.05) is 14.1 Å². The third kappa shape index (κ3) is 0.968. The van der Waals surface area contributed by atoms with Crippen molar-refractivity contribution < 1.29 is 0 Å². The van der Waals surface area contributed by atoms with E-state index in [1.165, 1.54) is 17.8 Å². The minimum Gasteiger partial charge on any atom is -0.370 e. The smallest absolute Gasteiger partial charge is 0.352 e. The van der Waals surface area contributed by atoms with Crippen LogP contribution in [-0.4, -0.2) is 31.4 Å². The van der Waals surface area contributed by atoms with Crippen LogP contribution in [0, 0.1) is 0 Å². The van der Waals surface area contributed by atoms with E-state index in [4.69, 9.17) is 0 Å². The summed E-state index contributed by atoms with van der Waals surface area (Å²) in [6.45, 7) is 0. The molecule has 68 valence electrons. The molecule has 7 nitrogen and oxygen atoms in total. The number of nitrogens with zero attached hydrogens (tertiary/aromatic N) is 5. The maximum atomic E-state index is 11.4. The average Bonchev–Trinajstić information content (AvgIpc) is 2.55. The zero-order valence-electron chi connectivity index (χ0n) is 7.22. The fourth-order valence-electron chi connectivity index (χ4n) is 1.06.